The van der Waals surface area contributed by atoms with Crippen LogP contribution in [0.3, 0.4) is 0 Å². The maximum atomic E-state index is 13.1. The van der Waals surface area contributed by atoms with Gasteiger partial charge in [0.2, 0.25) is 11.8 Å². The molecule has 1 unspecified atom stereocenters. The second kappa shape index (κ2) is 8.62. The number of rotatable bonds is 4. The first kappa shape index (κ1) is 21.0. The van der Waals surface area contributed by atoms with Crippen LogP contribution in [-0.4, -0.2) is 60.8 Å². The molecular formula is C17H21ClF2N4O3. The van der Waals surface area contributed by atoms with Gasteiger partial charge in [-0.2, -0.15) is 0 Å². The minimum Gasteiger partial charge on any atom is -0.353 e. The van der Waals surface area contributed by atoms with E-state index in [-0.39, 0.29) is 37.3 Å². The van der Waals surface area contributed by atoms with Crippen molar-refractivity contribution >= 4 is 30.1 Å². The van der Waals surface area contributed by atoms with E-state index < -0.39 is 30.8 Å². The first-order valence-corrected chi connectivity index (χ1v) is 8.38. The Balaban J connectivity index is 0.00000261. The number of benzene rings is 1. The summed E-state index contributed by atoms with van der Waals surface area (Å²) < 4.78 is 26.2. The summed E-state index contributed by atoms with van der Waals surface area (Å²) in [4.78, 5) is 37.1. The number of halogens is 3. The summed E-state index contributed by atoms with van der Waals surface area (Å²) in [6.45, 7) is 0.625. The molecule has 1 aromatic rings. The summed E-state index contributed by atoms with van der Waals surface area (Å²) in [5.41, 5.74) is 1.20. The maximum Gasteiger partial charge on any atom is 0.262 e. The van der Waals surface area contributed by atoms with E-state index in [1.54, 1.807) is 24.3 Å². The van der Waals surface area contributed by atoms with Crippen LogP contribution in [0.25, 0.3) is 0 Å². The van der Waals surface area contributed by atoms with Crippen LogP contribution >= 0.6 is 12.4 Å². The van der Waals surface area contributed by atoms with Gasteiger partial charge >= 0.3 is 0 Å². The molecule has 3 rings (SSSR count). The molecule has 3 amide bonds. The SMILES string of the molecule is Cl.O=C1CN(C(=O)c2ccc(CNC(=O)C3CC(F)(F)CN3)cc2)CCN1. The second-order valence-electron chi connectivity index (χ2n) is 6.48. The van der Waals surface area contributed by atoms with E-state index >= 15 is 0 Å². The van der Waals surface area contributed by atoms with E-state index in [9.17, 15) is 23.2 Å². The molecule has 148 valence electrons. The summed E-state index contributed by atoms with van der Waals surface area (Å²) in [6.07, 6.45) is -0.504. The number of piperazine rings is 1. The van der Waals surface area contributed by atoms with Gasteiger partial charge in [0.25, 0.3) is 11.8 Å². The zero-order valence-corrected chi connectivity index (χ0v) is 15.3. The van der Waals surface area contributed by atoms with Crippen molar-refractivity contribution in [2.75, 3.05) is 26.2 Å². The lowest BCUT2D eigenvalue weighted by Gasteiger charge is -2.26. The number of nitrogens with zero attached hydrogens (tertiary/aromatic N) is 1. The number of nitrogens with one attached hydrogen (secondary N) is 3. The van der Waals surface area contributed by atoms with Crippen molar-refractivity contribution in [1.29, 1.82) is 0 Å². The lowest BCUT2D eigenvalue weighted by molar-refractivity contribution is -0.124. The highest BCUT2D eigenvalue weighted by atomic mass is 35.5. The van der Waals surface area contributed by atoms with Gasteiger partial charge in [-0.05, 0) is 17.7 Å². The third-order valence-electron chi connectivity index (χ3n) is 4.42. The number of amides is 3. The van der Waals surface area contributed by atoms with Crippen LogP contribution in [0.15, 0.2) is 24.3 Å². The minimum absolute atomic E-state index is 0. The Hall–Kier alpha value is -2.26. The van der Waals surface area contributed by atoms with Crippen LogP contribution in [-0.2, 0) is 16.1 Å². The predicted octanol–water partition coefficient (Wildman–Crippen LogP) is 0.294. The smallest absolute Gasteiger partial charge is 0.262 e. The molecule has 0 aliphatic carbocycles. The highest BCUT2D eigenvalue weighted by Gasteiger charge is 2.42. The first-order valence-electron chi connectivity index (χ1n) is 8.38. The normalized spacial score (nSPS) is 21.2. The van der Waals surface area contributed by atoms with Crippen molar-refractivity contribution in [2.45, 2.75) is 24.9 Å². The molecule has 27 heavy (non-hydrogen) atoms. The summed E-state index contributed by atoms with van der Waals surface area (Å²) in [5, 5.41) is 7.77. The topological polar surface area (TPSA) is 90.5 Å². The second-order valence-corrected chi connectivity index (χ2v) is 6.48. The summed E-state index contributed by atoms with van der Waals surface area (Å²) in [7, 11) is 0. The minimum atomic E-state index is -2.85. The zero-order chi connectivity index (χ0) is 18.7. The summed E-state index contributed by atoms with van der Waals surface area (Å²) >= 11 is 0. The molecule has 2 aliphatic heterocycles. The van der Waals surface area contributed by atoms with E-state index in [2.05, 4.69) is 16.0 Å². The van der Waals surface area contributed by atoms with Gasteiger partial charge in [-0.1, -0.05) is 12.1 Å². The van der Waals surface area contributed by atoms with Crippen molar-refractivity contribution in [2.24, 2.45) is 0 Å². The molecule has 1 atom stereocenters. The Kier molecular flexibility index (Phi) is 6.72. The number of hydrogen-bond acceptors (Lipinski definition) is 4. The van der Waals surface area contributed by atoms with Crippen molar-refractivity contribution in [3.05, 3.63) is 35.4 Å². The van der Waals surface area contributed by atoms with Crippen molar-refractivity contribution in [1.82, 2.24) is 20.9 Å². The average Bonchev–Trinajstić information content (AvgIpc) is 2.99. The molecule has 7 nitrogen and oxygen atoms in total. The van der Waals surface area contributed by atoms with Crippen LogP contribution in [0.2, 0.25) is 0 Å². The highest BCUT2D eigenvalue weighted by molar-refractivity contribution is 5.97. The fourth-order valence-electron chi connectivity index (χ4n) is 2.97. The molecule has 0 radical (unpaired) electrons. The first-order chi connectivity index (χ1) is 12.3. The van der Waals surface area contributed by atoms with Crippen LogP contribution < -0.4 is 16.0 Å². The molecule has 3 N–H and O–H groups in total. The molecule has 0 spiro atoms. The van der Waals surface area contributed by atoms with Gasteiger partial charge < -0.3 is 15.5 Å². The summed E-state index contributed by atoms with van der Waals surface area (Å²) in [6, 6.07) is 5.73. The Bertz CT molecular complexity index is 715. The highest BCUT2D eigenvalue weighted by Crippen LogP contribution is 2.25. The number of carbonyl (C=O) groups excluding carboxylic acids is 3. The fraction of sp³-hybridized carbons (Fsp3) is 0.471. The van der Waals surface area contributed by atoms with E-state index in [1.165, 1.54) is 4.90 Å². The van der Waals surface area contributed by atoms with Crippen molar-refractivity contribution in [3.8, 4) is 0 Å². The number of carbonyl (C=O) groups is 3. The average molecular weight is 403 g/mol. The largest absolute Gasteiger partial charge is 0.353 e. The van der Waals surface area contributed by atoms with Crippen molar-refractivity contribution in [3.63, 3.8) is 0 Å². The van der Waals surface area contributed by atoms with Crippen LogP contribution in [0.1, 0.15) is 22.3 Å². The molecule has 0 bridgehead atoms. The van der Waals surface area contributed by atoms with Gasteiger partial charge in [-0.25, -0.2) is 8.78 Å². The van der Waals surface area contributed by atoms with E-state index in [0.717, 1.165) is 5.56 Å². The number of alkyl halides is 2. The van der Waals surface area contributed by atoms with Crippen LogP contribution in [0.5, 0.6) is 0 Å². The van der Waals surface area contributed by atoms with Crippen LogP contribution in [0, 0.1) is 0 Å². The predicted molar refractivity (Wildman–Crippen MR) is 95.8 cm³/mol. The Morgan fingerprint density at radius 2 is 1.96 bits per heavy atom. The van der Waals surface area contributed by atoms with E-state index in [0.29, 0.717) is 18.7 Å². The Labute approximate surface area is 161 Å². The van der Waals surface area contributed by atoms with Crippen LogP contribution in [0.4, 0.5) is 8.78 Å². The fourth-order valence-corrected chi connectivity index (χ4v) is 2.97. The lowest BCUT2D eigenvalue weighted by atomic mass is 10.1. The molecule has 1 aromatic carbocycles. The van der Waals surface area contributed by atoms with Gasteiger partial charge in [-0.15, -0.1) is 12.4 Å². The third-order valence-corrected chi connectivity index (χ3v) is 4.42. The molecule has 2 saturated heterocycles. The molecule has 2 fully saturated rings. The molecule has 0 saturated carbocycles. The standard InChI is InChI=1S/C17H20F2N4O3.ClH/c18-17(19)7-13(22-10-17)15(25)21-8-11-1-3-12(4-2-11)16(26)23-6-5-20-14(24)9-23;/h1-4,13,22H,5-10H2,(H,20,24)(H,21,25);1H. The van der Waals surface area contributed by atoms with E-state index in [1.807, 2.05) is 0 Å². The molecule has 10 heteroatoms. The molecule has 2 heterocycles. The monoisotopic (exact) mass is 402 g/mol. The molecule has 2 aliphatic rings. The number of hydrogen-bond donors (Lipinski definition) is 3. The van der Waals surface area contributed by atoms with Gasteiger partial charge in [0.05, 0.1) is 19.1 Å². The maximum absolute atomic E-state index is 13.1. The Morgan fingerprint density at radius 1 is 1.26 bits per heavy atom. The van der Waals surface area contributed by atoms with Gasteiger partial charge in [-0.3, -0.25) is 19.7 Å². The Morgan fingerprint density at radius 3 is 2.56 bits per heavy atom. The van der Waals surface area contributed by atoms with Gasteiger partial charge in [0.15, 0.2) is 0 Å². The summed E-state index contributed by atoms with van der Waals surface area (Å²) in [5.74, 6) is -3.74. The third kappa shape index (κ3) is 5.36. The molecule has 0 aromatic heterocycles. The van der Waals surface area contributed by atoms with Gasteiger partial charge in [0.1, 0.15) is 0 Å². The zero-order valence-electron chi connectivity index (χ0n) is 14.5. The quantitative estimate of drug-likeness (QED) is 0.675. The molecular weight excluding hydrogens is 382 g/mol. The lowest BCUT2D eigenvalue weighted by Crippen LogP contribution is -2.49. The van der Waals surface area contributed by atoms with Crippen molar-refractivity contribution < 1.29 is 23.2 Å². The van der Waals surface area contributed by atoms with E-state index in [4.69, 9.17) is 0 Å². The van der Waals surface area contributed by atoms with Gasteiger partial charge in [0, 0.05) is 31.6 Å².